The van der Waals surface area contributed by atoms with Crippen molar-refractivity contribution in [3.8, 4) is 0 Å². The summed E-state index contributed by atoms with van der Waals surface area (Å²) in [6.45, 7) is 4.70. The number of methoxy groups -OCH3 is 1. The number of carbonyl (C=O) groups excluding carboxylic acids is 2. The molecule has 0 saturated carbocycles. The molecule has 0 aliphatic carbocycles. The van der Waals surface area contributed by atoms with Crippen LogP contribution in [0.2, 0.25) is 0 Å². The monoisotopic (exact) mass is 376 g/mol. The maximum Gasteiger partial charge on any atom is 0.337 e. The van der Waals surface area contributed by atoms with Gasteiger partial charge in [0.05, 0.1) is 23.3 Å². The van der Waals surface area contributed by atoms with Crippen molar-refractivity contribution in [3.63, 3.8) is 0 Å². The highest BCUT2D eigenvalue weighted by atomic mass is 32.2. The lowest BCUT2D eigenvalue weighted by Crippen LogP contribution is -2.16. The van der Waals surface area contributed by atoms with Gasteiger partial charge in [-0.1, -0.05) is 6.07 Å². The van der Waals surface area contributed by atoms with E-state index in [0.717, 1.165) is 0 Å². The first kappa shape index (κ1) is 19.5. The highest BCUT2D eigenvalue weighted by Crippen LogP contribution is 2.25. The van der Waals surface area contributed by atoms with Crippen LogP contribution in [0.25, 0.3) is 0 Å². The maximum atomic E-state index is 12.8. The van der Waals surface area contributed by atoms with Gasteiger partial charge >= 0.3 is 5.97 Å². The molecular weight excluding hydrogens is 356 g/mol. The molecule has 7 nitrogen and oxygen atoms in total. The zero-order valence-electron chi connectivity index (χ0n) is 14.9. The summed E-state index contributed by atoms with van der Waals surface area (Å²) in [6, 6.07) is 9.18. The van der Waals surface area contributed by atoms with Gasteiger partial charge in [-0.15, -0.1) is 0 Å². The smallest absolute Gasteiger partial charge is 0.337 e. The van der Waals surface area contributed by atoms with Gasteiger partial charge in [-0.05, 0) is 55.3 Å². The van der Waals surface area contributed by atoms with Crippen molar-refractivity contribution in [2.24, 2.45) is 0 Å². The van der Waals surface area contributed by atoms with E-state index in [2.05, 4.69) is 14.8 Å². The van der Waals surface area contributed by atoms with Gasteiger partial charge in [0.2, 0.25) is 5.91 Å². The lowest BCUT2D eigenvalue weighted by atomic mass is 10.1. The van der Waals surface area contributed by atoms with Crippen LogP contribution in [0.3, 0.4) is 0 Å². The van der Waals surface area contributed by atoms with Gasteiger partial charge in [0.15, 0.2) is 0 Å². The number of sulfonamides is 1. The SMILES string of the molecule is COC(=O)c1ccc(NS(=O)(=O)c2cc(NC(C)=O)ccc2C)c(C)c1. The Bertz CT molecular complexity index is 968. The first-order valence-electron chi connectivity index (χ1n) is 7.74. The Kier molecular flexibility index (Phi) is 5.66. The quantitative estimate of drug-likeness (QED) is 0.782. The van der Waals surface area contributed by atoms with Gasteiger partial charge in [0, 0.05) is 12.6 Å². The number of nitrogens with one attached hydrogen (secondary N) is 2. The second-order valence-corrected chi connectivity index (χ2v) is 7.44. The van der Waals surface area contributed by atoms with Crippen molar-refractivity contribution in [2.45, 2.75) is 25.7 Å². The number of hydrogen-bond donors (Lipinski definition) is 2. The molecule has 2 N–H and O–H groups in total. The van der Waals surface area contributed by atoms with Crippen LogP contribution in [0.4, 0.5) is 11.4 Å². The maximum absolute atomic E-state index is 12.8. The Balaban J connectivity index is 2.37. The highest BCUT2D eigenvalue weighted by molar-refractivity contribution is 7.92. The Morgan fingerprint density at radius 3 is 2.27 bits per heavy atom. The lowest BCUT2D eigenvalue weighted by Gasteiger charge is -2.14. The number of amides is 1. The lowest BCUT2D eigenvalue weighted by molar-refractivity contribution is -0.114. The molecule has 2 aromatic carbocycles. The predicted molar refractivity (Wildman–Crippen MR) is 98.8 cm³/mol. The summed E-state index contributed by atoms with van der Waals surface area (Å²) in [5.74, 6) is -0.791. The minimum absolute atomic E-state index is 0.0557. The summed E-state index contributed by atoms with van der Waals surface area (Å²) in [4.78, 5) is 22.8. The number of benzene rings is 2. The Hall–Kier alpha value is -2.87. The van der Waals surface area contributed by atoms with E-state index in [1.54, 1.807) is 32.0 Å². The molecule has 0 bridgehead atoms. The summed E-state index contributed by atoms with van der Waals surface area (Å²) in [5, 5.41) is 2.56. The molecule has 2 rings (SSSR count). The normalized spacial score (nSPS) is 10.9. The molecule has 0 aliphatic heterocycles. The third-order valence-corrected chi connectivity index (χ3v) is 5.20. The molecule has 2 aromatic rings. The van der Waals surface area contributed by atoms with Crippen molar-refractivity contribution < 1.29 is 22.7 Å². The van der Waals surface area contributed by atoms with Gasteiger partial charge in [-0.3, -0.25) is 9.52 Å². The number of rotatable bonds is 5. The molecule has 138 valence electrons. The van der Waals surface area contributed by atoms with Crippen molar-refractivity contribution >= 4 is 33.3 Å². The molecular formula is C18H20N2O5S. The van der Waals surface area contributed by atoms with Gasteiger partial charge in [0.25, 0.3) is 10.0 Å². The van der Waals surface area contributed by atoms with E-state index in [0.29, 0.717) is 28.1 Å². The van der Waals surface area contributed by atoms with E-state index in [9.17, 15) is 18.0 Å². The van der Waals surface area contributed by atoms with Crippen LogP contribution >= 0.6 is 0 Å². The second kappa shape index (κ2) is 7.57. The molecule has 0 aromatic heterocycles. The fraction of sp³-hybridized carbons (Fsp3) is 0.222. The number of aryl methyl sites for hydroxylation is 2. The standard InChI is InChI=1S/C18H20N2O5S/c1-11-5-7-15(19-13(3)21)10-17(11)26(23,24)20-16-8-6-14(9-12(16)2)18(22)25-4/h5-10,20H,1-4H3,(H,19,21). The predicted octanol–water partition coefficient (Wildman–Crippen LogP) is 2.85. The molecule has 0 saturated heterocycles. The van der Waals surface area contributed by atoms with Gasteiger partial charge < -0.3 is 10.1 Å². The first-order valence-corrected chi connectivity index (χ1v) is 9.22. The van der Waals surface area contributed by atoms with E-state index in [1.807, 2.05) is 0 Å². The zero-order valence-corrected chi connectivity index (χ0v) is 15.7. The topological polar surface area (TPSA) is 102 Å². The first-order chi connectivity index (χ1) is 12.1. The van der Waals surface area contributed by atoms with Crippen LogP contribution in [0, 0.1) is 13.8 Å². The van der Waals surface area contributed by atoms with Crippen LogP contribution in [-0.4, -0.2) is 27.4 Å². The van der Waals surface area contributed by atoms with Crippen molar-refractivity contribution in [1.82, 2.24) is 0 Å². The highest BCUT2D eigenvalue weighted by Gasteiger charge is 2.19. The summed E-state index contributed by atoms with van der Waals surface area (Å²) in [7, 11) is -2.60. The Labute approximate surface area is 152 Å². The summed E-state index contributed by atoms with van der Waals surface area (Å²) < 4.78 is 32.7. The fourth-order valence-corrected chi connectivity index (χ4v) is 3.80. The second-order valence-electron chi connectivity index (χ2n) is 5.79. The average Bonchev–Trinajstić information content (AvgIpc) is 2.57. The van der Waals surface area contributed by atoms with Crippen molar-refractivity contribution in [1.29, 1.82) is 0 Å². The Morgan fingerprint density at radius 1 is 1.00 bits per heavy atom. The molecule has 0 spiro atoms. The van der Waals surface area contributed by atoms with E-state index < -0.39 is 16.0 Å². The van der Waals surface area contributed by atoms with E-state index in [-0.39, 0.29) is 10.8 Å². The molecule has 0 heterocycles. The third kappa shape index (κ3) is 4.40. The van der Waals surface area contributed by atoms with Crippen LogP contribution < -0.4 is 10.0 Å². The molecule has 0 aliphatic rings. The largest absolute Gasteiger partial charge is 0.465 e. The van der Waals surface area contributed by atoms with Gasteiger partial charge in [-0.2, -0.15) is 0 Å². The average molecular weight is 376 g/mol. The number of anilines is 2. The molecule has 0 radical (unpaired) electrons. The fourth-order valence-electron chi connectivity index (χ4n) is 2.39. The van der Waals surface area contributed by atoms with Crippen molar-refractivity contribution in [3.05, 3.63) is 53.1 Å². The summed E-state index contributed by atoms with van der Waals surface area (Å²) in [6.07, 6.45) is 0. The van der Waals surface area contributed by atoms with Gasteiger partial charge in [0.1, 0.15) is 0 Å². The third-order valence-electron chi connectivity index (χ3n) is 3.69. The number of ether oxygens (including phenoxy) is 1. The molecule has 0 unspecified atom stereocenters. The summed E-state index contributed by atoms with van der Waals surface area (Å²) >= 11 is 0. The molecule has 0 atom stereocenters. The van der Waals surface area contributed by atoms with Gasteiger partial charge in [-0.25, -0.2) is 13.2 Å². The van der Waals surface area contributed by atoms with E-state index in [4.69, 9.17) is 0 Å². The zero-order chi connectivity index (χ0) is 19.5. The Morgan fingerprint density at radius 2 is 1.69 bits per heavy atom. The summed E-state index contributed by atoms with van der Waals surface area (Å²) in [5.41, 5.74) is 2.18. The number of hydrogen-bond acceptors (Lipinski definition) is 5. The number of carbonyl (C=O) groups is 2. The molecule has 1 amide bonds. The molecule has 0 fully saturated rings. The minimum atomic E-state index is -3.88. The van der Waals surface area contributed by atoms with Crippen LogP contribution in [0.1, 0.15) is 28.4 Å². The number of esters is 1. The van der Waals surface area contributed by atoms with E-state index in [1.165, 1.54) is 32.2 Å². The van der Waals surface area contributed by atoms with Crippen molar-refractivity contribution in [2.75, 3.05) is 17.1 Å². The van der Waals surface area contributed by atoms with Crippen LogP contribution in [0.5, 0.6) is 0 Å². The molecule has 26 heavy (non-hydrogen) atoms. The van der Waals surface area contributed by atoms with E-state index >= 15 is 0 Å². The van der Waals surface area contributed by atoms with Crippen LogP contribution in [-0.2, 0) is 19.6 Å². The molecule has 8 heteroatoms. The van der Waals surface area contributed by atoms with Crippen LogP contribution in [0.15, 0.2) is 41.3 Å². The minimum Gasteiger partial charge on any atom is -0.465 e.